The van der Waals surface area contributed by atoms with E-state index in [0.717, 1.165) is 49.9 Å². The van der Waals surface area contributed by atoms with Gasteiger partial charge in [-0.25, -0.2) is 0 Å². The zero-order valence-corrected chi connectivity index (χ0v) is 14.9. The summed E-state index contributed by atoms with van der Waals surface area (Å²) in [5.74, 6) is 0.261. The maximum Gasteiger partial charge on any atom is 0.222 e. The molecule has 1 aliphatic rings. The summed E-state index contributed by atoms with van der Waals surface area (Å²) in [7, 11) is 0. The van der Waals surface area contributed by atoms with Gasteiger partial charge in [-0.3, -0.25) is 9.89 Å². The lowest BCUT2D eigenvalue weighted by Crippen LogP contribution is -2.36. The highest BCUT2D eigenvalue weighted by Gasteiger charge is 2.19. The van der Waals surface area contributed by atoms with E-state index in [1.807, 2.05) is 17.2 Å². The number of nitrogens with one attached hydrogen (secondary N) is 2. The monoisotopic (exact) mass is 348 g/mol. The van der Waals surface area contributed by atoms with Crippen LogP contribution in [0.2, 0.25) is 0 Å². The molecule has 5 nitrogen and oxygen atoms in total. The second kappa shape index (κ2) is 7.70. The SMILES string of the molecule is O=C(CCCNCc1cccc2cn[nH]c12)N1CCc2ccccc2C1. The minimum atomic E-state index is 0.261. The normalized spacial score (nSPS) is 13.8. The average molecular weight is 348 g/mol. The first-order chi connectivity index (χ1) is 12.8. The zero-order valence-electron chi connectivity index (χ0n) is 14.9. The number of H-pyrrole nitrogens is 1. The Balaban J connectivity index is 1.22. The van der Waals surface area contributed by atoms with Gasteiger partial charge in [0, 0.05) is 31.4 Å². The smallest absolute Gasteiger partial charge is 0.222 e. The fourth-order valence-corrected chi connectivity index (χ4v) is 3.63. The quantitative estimate of drug-likeness (QED) is 0.673. The van der Waals surface area contributed by atoms with E-state index in [2.05, 4.69) is 51.9 Å². The Hall–Kier alpha value is -2.66. The number of aromatic nitrogens is 2. The lowest BCUT2D eigenvalue weighted by atomic mass is 9.99. The minimum Gasteiger partial charge on any atom is -0.338 e. The van der Waals surface area contributed by atoms with Gasteiger partial charge in [0.1, 0.15) is 0 Å². The summed E-state index contributed by atoms with van der Waals surface area (Å²) in [5.41, 5.74) is 4.96. The number of carbonyl (C=O) groups is 1. The molecule has 26 heavy (non-hydrogen) atoms. The minimum absolute atomic E-state index is 0.261. The number of rotatable bonds is 6. The molecule has 0 unspecified atom stereocenters. The van der Waals surface area contributed by atoms with E-state index in [9.17, 15) is 4.79 Å². The van der Waals surface area contributed by atoms with Crippen molar-refractivity contribution >= 4 is 16.8 Å². The molecule has 5 heteroatoms. The second-order valence-electron chi connectivity index (χ2n) is 6.87. The third kappa shape index (κ3) is 3.63. The van der Waals surface area contributed by atoms with E-state index in [-0.39, 0.29) is 5.91 Å². The summed E-state index contributed by atoms with van der Waals surface area (Å²) in [6.07, 6.45) is 4.27. The highest BCUT2D eigenvalue weighted by Crippen LogP contribution is 2.19. The van der Waals surface area contributed by atoms with Crippen LogP contribution in [-0.4, -0.2) is 34.1 Å². The first-order valence-corrected chi connectivity index (χ1v) is 9.27. The molecule has 4 rings (SSSR count). The summed E-state index contributed by atoms with van der Waals surface area (Å²) in [5, 5.41) is 11.7. The number of carbonyl (C=O) groups excluding carboxylic acids is 1. The van der Waals surface area contributed by atoms with Crippen molar-refractivity contribution in [1.82, 2.24) is 20.4 Å². The van der Waals surface area contributed by atoms with Gasteiger partial charge in [-0.05, 0) is 36.1 Å². The fourth-order valence-electron chi connectivity index (χ4n) is 3.63. The van der Waals surface area contributed by atoms with Gasteiger partial charge in [-0.1, -0.05) is 42.5 Å². The van der Waals surface area contributed by atoms with Crippen LogP contribution < -0.4 is 5.32 Å². The van der Waals surface area contributed by atoms with Crippen LogP contribution in [0, 0.1) is 0 Å². The first-order valence-electron chi connectivity index (χ1n) is 9.27. The lowest BCUT2D eigenvalue weighted by molar-refractivity contribution is -0.132. The molecule has 0 aliphatic carbocycles. The molecule has 2 N–H and O–H groups in total. The molecule has 0 radical (unpaired) electrons. The number of benzene rings is 2. The maximum atomic E-state index is 12.5. The molecule has 0 saturated heterocycles. The first kappa shape index (κ1) is 16.8. The lowest BCUT2D eigenvalue weighted by Gasteiger charge is -2.29. The molecule has 0 atom stereocenters. The Kier molecular flexibility index (Phi) is 4.97. The van der Waals surface area contributed by atoms with Crippen LogP contribution in [0.25, 0.3) is 10.9 Å². The van der Waals surface area contributed by atoms with E-state index in [4.69, 9.17) is 0 Å². The van der Waals surface area contributed by atoms with Crippen LogP contribution in [-0.2, 0) is 24.3 Å². The van der Waals surface area contributed by atoms with E-state index in [0.29, 0.717) is 6.42 Å². The number of hydrogen-bond donors (Lipinski definition) is 2. The van der Waals surface area contributed by atoms with Crippen molar-refractivity contribution in [3.8, 4) is 0 Å². The summed E-state index contributed by atoms with van der Waals surface area (Å²) in [4.78, 5) is 14.5. The number of amides is 1. The molecule has 1 aromatic heterocycles. The standard InChI is InChI=1S/C21H24N4O/c26-20(25-12-10-16-5-1-2-6-19(16)15-25)9-4-11-22-13-17-7-3-8-18-14-23-24-21(17)18/h1-3,5-8,14,22H,4,9-13,15H2,(H,23,24). The topological polar surface area (TPSA) is 61.0 Å². The van der Waals surface area contributed by atoms with Gasteiger partial charge < -0.3 is 10.2 Å². The Labute approximate surface area is 153 Å². The molecule has 3 aromatic rings. The van der Waals surface area contributed by atoms with Crippen molar-refractivity contribution in [3.05, 3.63) is 65.4 Å². The Morgan fingerprint density at radius 3 is 2.96 bits per heavy atom. The number of fused-ring (bicyclic) bond motifs is 2. The Morgan fingerprint density at radius 1 is 1.15 bits per heavy atom. The molecule has 0 saturated carbocycles. The average Bonchev–Trinajstić information content (AvgIpc) is 3.17. The van der Waals surface area contributed by atoms with Crippen molar-refractivity contribution in [2.75, 3.05) is 13.1 Å². The van der Waals surface area contributed by atoms with Gasteiger partial charge in [0.15, 0.2) is 0 Å². The van der Waals surface area contributed by atoms with E-state index < -0.39 is 0 Å². The van der Waals surface area contributed by atoms with Crippen LogP contribution in [0.1, 0.15) is 29.5 Å². The van der Waals surface area contributed by atoms with Crippen molar-refractivity contribution in [2.24, 2.45) is 0 Å². The van der Waals surface area contributed by atoms with Crippen LogP contribution in [0.4, 0.5) is 0 Å². The van der Waals surface area contributed by atoms with Crippen LogP contribution in [0.3, 0.4) is 0 Å². The van der Waals surface area contributed by atoms with Gasteiger partial charge in [0.05, 0.1) is 11.7 Å². The summed E-state index contributed by atoms with van der Waals surface area (Å²) in [6.45, 7) is 3.21. The molecule has 1 amide bonds. The number of nitrogens with zero attached hydrogens (tertiary/aromatic N) is 2. The van der Waals surface area contributed by atoms with E-state index in [1.165, 1.54) is 16.7 Å². The molecule has 0 bridgehead atoms. The third-order valence-corrected chi connectivity index (χ3v) is 5.11. The molecule has 134 valence electrons. The third-order valence-electron chi connectivity index (χ3n) is 5.11. The highest BCUT2D eigenvalue weighted by atomic mass is 16.2. The van der Waals surface area contributed by atoms with Crippen molar-refractivity contribution in [3.63, 3.8) is 0 Å². The van der Waals surface area contributed by atoms with Crippen LogP contribution >= 0.6 is 0 Å². The molecule has 2 aromatic carbocycles. The second-order valence-corrected chi connectivity index (χ2v) is 6.87. The molecular weight excluding hydrogens is 324 g/mol. The molecular formula is C21H24N4O. The summed E-state index contributed by atoms with van der Waals surface area (Å²) >= 11 is 0. The van der Waals surface area contributed by atoms with E-state index in [1.54, 1.807) is 0 Å². The fraction of sp³-hybridized carbons (Fsp3) is 0.333. The number of para-hydroxylation sites is 1. The zero-order chi connectivity index (χ0) is 17.8. The largest absolute Gasteiger partial charge is 0.338 e. The van der Waals surface area contributed by atoms with E-state index >= 15 is 0 Å². The maximum absolute atomic E-state index is 12.5. The number of aromatic amines is 1. The Morgan fingerprint density at radius 2 is 2.04 bits per heavy atom. The van der Waals surface area contributed by atoms with Crippen LogP contribution in [0.5, 0.6) is 0 Å². The van der Waals surface area contributed by atoms with Gasteiger partial charge in [-0.2, -0.15) is 5.10 Å². The Bertz CT molecular complexity index is 902. The van der Waals surface area contributed by atoms with Crippen molar-refractivity contribution in [2.45, 2.75) is 32.4 Å². The van der Waals surface area contributed by atoms with Gasteiger partial charge >= 0.3 is 0 Å². The highest BCUT2D eigenvalue weighted by molar-refractivity contribution is 5.81. The van der Waals surface area contributed by atoms with Crippen molar-refractivity contribution in [1.29, 1.82) is 0 Å². The predicted molar refractivity (Wildman–Crippen MR) is 103 cm³/mol. The van der Waals surface area contributed by atoms with Gasteiger partial charge in [0.2, 0.25) is 5.91 Å². The molecule has 0 fully saturated rings. The summed E-state index contributed by atoms with van der Waals surface area (Å²) < 4.78 is 0. The van der Waals surface area contributed by atoms with Crippen LogP contribution in [0.15, 0.2) is 48.7 Å². The van der Waals surface area contributed by atoms with Crippen molar-refractivity contribution < 1.29 is 4.79 Å². The predicted octanol–water partition coefficient (Wildman–Crippen LogP) is 3.02. The van der Waals surface area contributed by atoms with Gasteiger partial charge in [0.25, 0.3) is 0 Å². The summed E-state index contributed by atoms with van der Waals surface area (Å²) in [6, 6.07) is 14.6. The molecule has 0 spiro atoms. The molecule has 1 aliphatic heterocycles. The van der Waals surface area contributed by atoms with Gasteiger partial charge in [-0.15, -0.1) is 0 Å². The molecule has 2 heterocycles. The number of hydrogen-bond acceptors (Lipinski definition) is 3.